The summed E-state index contributed by atoms with van der Waals surface area (Å²) in [4.78, 5) is 41.2. The number of carbonyl (C=O) groups excluding carboxylic acids is 1. The van der Waals surface area contributed by atoms with Gasteiger partial charge in [0.15, 0.2) is 11.5 Å². The number of anilines is 2. The van der Waals surface area contributed by atoms with Crippen LogP contribution >= 0.6 is 0 Å². The third-order valence-corrected chi connectivity index (χ3v) is 5.24. The van der Waals surface area contributed by atoms with Gasteiger partial charge in [-0.15, -0.1) is 0 Å². The predicted molar refractivity (Wildman–Crippen MR) is 126 cm³/mol. The maximum Gasteiger partial charge on any atom is 0.330 e. The van der Waals surface area contributed by atoms with Crippen LogP contribution < -0.4 is 41.4 Å². The minimum absolute atomic E-state index is 0.0495. The van der Waals surface area contributed by atoms with E-state index in [0.29, 0.717) is 35.9 Å². The van der Waals surface area contributed by atoms with Crippen molar-refractivity contribution >= 4 is 17.4 Å². The second-order valence-corrected chi connectivity index (χ2v) is 7.31. The Morgan fingerprint density at radius 3 is 2.30 bits per heavy atom. The maximum absolute atomic E-state index is 12.7. The number of nitrogens with one attached hydrogen (secondary N) is 2. The van der Waals surface area contributed by atoms with E-state index < -0.39 is 11.2 Å². The van der Waals surface area contributed by atoms with Crippen LogP contribution in [0.15, 0.2) is 21.7 Å². The SMILES string of the molecule is CCCCn1c(N)c(N(CC)CC(=O)NCc2cc(OC)c(OC)cc2OC)c(=O)[nH]c1=O. The van der Waals surface area contributed by atoms with Gasteiger partial charge >= 0.3 is 5.69 Å². The molecule has 0 saturated heterocycles. The number of methoxy groups -OCH3 is 3. The molecule has 0 radical (unpaired) electrons. The topological polar surface area (TPSA) is 141 Å². The maximum atomic E-state index is 12.7. The first-order valence-electron chi connectivity index (χ1n) is 10.7. The van der Waals surface area contributed by atoms with Gasteiger partial charge in [-0.1, -0.05) is 13.3 Å². The van der Waals surface area contributed by atoms with Crippen molar-refractivity contribution in [3.63, 3.8) is 0 Å². The van der Waals surface area contributed by atoms with E-state index in [2.05, 4.69) is 10.3 Å². The van der Waals surface area contributed by atoms with Crippen molar-refractivity contribution in [1.82, 2.24) is 14.9 Å². The number of hydrogen-bond acceptors (Lipinski definition) is 8. The summed E-state index contributed by atoms with van der Waals surface area (Å²) in [5.41, 5.74) is 5.78. The molecule has 1 heterocycles. The molecule has 0 saturated carbocycles. The first-order chi connectivity index (χ1) is 15.8. The van der Waals surface area contributed by atoms with Gasteiger partial charge in [-0.2, -0.15) is 0 Å². The molecule has 2 rings (SSSR count). The fourth-order valence-electron chi connectivity index (χ4n) is 3.42. The van der Waals surface area contributed by atoms with Crippen LogP contribution in [0, 0.1) is 0 Å². The van der Waals surface area contributed by atoms with Crippen molar-refractivity contribution in [2.75, 3.05) is 45.1 Å². The smallest absolute Gasteiger partial charge is 0.330 e. The van der Waals surface area contributed by atoms with E-state index in [4.69, 9.17) is 19.9 Å². The van der Waals surface area contributed by atoms with E-state index >= 15 is 0 Å². The number of carbonyl (C=O) groups is 1. The Morgan fingerprint density at radius 1 is 1.09 bits per heavy atom. The number of hydrogen-bond donors (Lipinski definition) is 3. The van der Waals surface area contributed by atoms with Gasteiger partial charge in [0, 0.05) is 31.3 Å². The quantitative estimate of drug-likeness (QED) is 0.425. The molecule has 0 fully saturated rings. The van der Waals surface area contributed by atoms with Crippen molar-refractivity contribution in [3.05, 3.63) is 38.5 Å². The van der Waals surface area contributed by atoms with Crippen molar-refractivity contribution in [1.29, 1.82) is 0 Å². The number of H-pyrrole nitrogens is 1. The van der Waals surface area contributed by atoms with Crippen LogP contribution in [0.5, 0.6) is 17.2 Å². The molecule has 0 aliphatic heterocycles. The highest BCUT2D eigenvalue weighted by atomic mass is 16.5. The van der Waals surface area contributed by atoms with Gasteiger partial charge in [0.25, 0.3) is 5.56 Å². The van der Waals surface area contributed by atoms with Crippen LogP contribution in [0.1, 0.15) is 32.3 Å². The summed E-state index contributed by atoms with van der Waals surface area (Å²) in [7, 11) is 4.57. The number of ether oxygens (including phenoxy) is 3. The Kier molecular flexibility index (Phi) is 9.19. The summed E-state index contributed by atoms with van der Waals surface area (Å²) in [5, 5.41) is 2.82. The van der Waals surface area contributed by atoms with Gasteiger partial charge < -0.3 is 30.2 Å². The third kappa shape index (κ3) is 5.99. The monoisotopic (exact) mass is 463 g/mol. The lowest BCUT2D eigenvalue weighted by Gasteiger charge is -2.24. The number of nitrogens with zero attached hydrogens (tertiary/aromatic N) is 2. The lowest BCUT2D eigenvalue weighted by atomic mass is 10.1. The highest BCUT2D eigenvalue weighted by molar-refractivity contribution is 5.82. The molecule has 11 nitrogen and oxygen atoms in total. The molecule has 0 spiro atoms. The number of amides is 1. The zero-order valence-electron chi connectivity index (χ0n) is 19.8. The highest BCUT2D eigenvalue weighted by Gasteiger charge is 2.20. The van der Waals surface area contributed by atoms with Gasteiger partial charge in [0.1, 0.15) is 17.3 Å². The number of aromatic amines is 1. The van der Waals surface area contributed by atoms with Crippen LogP contribution in [-0.4, -0.2) is 49.9 Å². The molecule has 182 valence electrons. The average molecular weight is 464 g/mol. The van der Waals surface area contributed by atoms with E-state index in [9.17, 15) is 14.4 Å². The largest absolute Gasteiger partial charge is 0.496 e. The van der Waals surface area contributed by atoms with Gasteiger partial charge in [-0.25, -0.2) is 4.79 Å². The molecule has 1 aromatic heterocycles. The molecule has 4 N–H and O–H groups in total. The average Bonchev–Trinajstić information content (AvgIpc) is 2.80. The molecule has 0 aliphatic rings. The fraction of sp³-hybridized carbons (Fsp3) is 0.500. The molecule has 0 unspecified atom stereocenters. The molecule has 0 aliphatic carbocycles. The summed E-state index contributed by atoms with van der Waals surface area (Å²) in [6, 6.07) is 3.40. The molecule has 0 atom stereocenters. The zero-order chi connectivity index (χ0) is 24.5. The van der Waals surface area contributed by atoms with Crippen LogP contribution in [0.4, 0.5) is 11.5 Å². The Balaban J connectivity index is 2.22. The molecule has 0 bridgehead atoms. The molecular formula is C22H33N5O6. The van der Waals surface area contributed by atoms with Crippen LogP contribution in [0.2, 0.25) is 0 Å². The Hall–Kier alpha value is -3.63. The van der Waals surface area contributed by atoms with E-state index in [0.717, 1.165) is 12.8 Å². The van der Waals surface area contributed by atoms with Crippen LogP contribution in [0.3, 0.4) is 0 Å². The summed E-state index contributed by atoms with van der Waals surface area (Å²) >= 11 is 0. The lowest BCUT2D eigenvalue weighted by molar-refractivity contribution is -0.119. The minimum Gasteiger partial charge on any atom is -0.496 e. The summed E-state index contributed by atoms with van der Waals surface area (Å²) in [6.07, 6.45) is 1.59. The number of nitrogen functional groups attached to an aromatic ring is 1. The zero-order valence-corrected chi connectivity index (χ0v) is 19.8. The van der Waals surface area contributed by atoms with E-state index in [1.807, 2.05) is 6.92 Å². The fourth-order valence-corrected chi connectivity index (χ4v) is 3.42. The normalized spacial score (nSPS) is 10.6. The summed E-state index contributed by atoms with van der Waals surface area (Å²) < 4.78 is 17.3. The third-order valence-electron chi connectivity index (χ3n) is 5.24. The Morgan fingerprint density at radius 2 is 1.73 bits per heavy atom. The van der Waals surface area contributed by atoms with Crippen LogP contribution in [-0.2, 0) is 17.9 Å². The molecule has 1 aromatic carbocycles. The van der Waals surface area contributed by atoms with Crippen molar-refractivity contribution in [2.24, 2.45) is 0 Å². The molecule has 11 heteroatoms. The standard InChI is InChI=1S/C22H33N5O6/c1-6-8-9-27-20(23)19(21(29)25-22(27)30)26(7-2)13-18(28)24-12-14-10-16(32-4)17(33-5)11-15(14)31-3/h10-11H,6-9,12-13,23H2,1-5H3,(H,24,28)(H,25,29,30). The second kappa shape index (κ2) is 11.8. The number of aromatic nitrogens is 2. The van der Waals surface area contributed by atoms with Crippen LogP contribution in [0.25, 0.3) is 0 Å². The van der Waals surface area contributed by atoms with Crippen molar-refractivity contribution in [2.45, 2.75) is 39.8 Å². The predicted octanol–water partition coefficient (Wildman–Crippen LogP) is 1.09. The van der Waals surface area contributed by atoms with Gasteiger partial charge in [0.05, 0.1) is 27.9 Å². The summed E-state index contributed by atoms with van der Waals surface area (Å²) in [5.74, 6) is 1.26. The molecule has 1 amide bonds. The van der Waals surface area contributed by atoms with E-state index in [1.54, 1.807) is 19.1 Å². The van der Waals surface area contributed by atoms with Crippen molar-refractivity contribution in [3.8, 4) is 17.2 Å². The first kappa shape index (κ1) is 25.6. The second-order valence-electron chi connectivity index (χ2n) is 7.31. The number of likely N-dealkylation sites (N-methyl/N-ethyl adjacent to an activating group) is 1. The minimum atomic E-state index is -0.624. The number of nitrogens with two attached hydrogens (primary N) is 1. The number of benzene rings is 1. The van der Waals surface area contributed by atoms with Gasteiger partial charge in [0.2, 0.25) is 5.91 Å². The van der Waals surface area contributed by atoms with E-state index in [1.165, 1.54) is 30.8 Å². The highest BCUT2D eigenvalue weighted by Crippen LogP contribution is 2.34. The Labute approximate surface area is 192 Å². The molecule has 33 heavy (non-hydrogen) atoms. The lowest BCUT2D eigenvalue weighted by Crippen LogP contribution is -2.42. The number of rotatable bonds is 12. The van der Waals surface area contributed by atoms with Gasteiger partial charge in [-0.05, 0) is 19.4 Å². The molecule has 2 aromatic rings. The van der Waals surface area contributed by atoms with E-state index in [-0.39, 0.29) is 30.5 Å². The van der Waals surface area contributed by atoms with Crippen molar-refractivity contribution < 1.29 is 19.0 Å². The van der Waals surface area contributed by atoms with Gasteiger partial charge in [-0.3, -0.25) is 19.1 Å². The Bertz CT molecular complexity index is 1080. The summed E-state index contributed by atoms with van der Waals surface area (Å²) in [6.45, 7) is 4.56. The molecular weight excluding hydrogens is 430 g/mol. The number of unbranched alkanes of at least 4 members (excludes halogenated alkanes) is 1. The first-order valence-corrected chi connectivity index (χ1v) is 10.7.